The largest absolute Gasteiger partial charge is 0.494 e. The maximum absolute atomic E-state index is 12.8. The molecule has 0 bridgehead atoms. The normalized spacial score (nSPS) is 24.5. The minimum atomic E-state index is -0.889. The molecule has 1 aliphatic carbocycles. The molecule has 0 spiro atoms. The van der Waals surface area contributed by atoms with Crippen molar-refractivity contribution in [1.82, 2.24) is 4.90 Å². The van der Waals surface area contributed by atoms with Crippen LogP contribution in [0, 0.1) is 11.2 Å². The SMILES string of the molecule is CCOC1CC(N)(C(=O)N(C)CCCOc2ccc(F)cc2)C1(C)C. The average molecular weight is 352 g/mol. The van der Waals surface area contributed by atoms with Gasteiger partial charge in [0.1, 0.15) is 17.1 Å². The molecule has 1 amide bonds. The summed E-state index contributed by atoms with van der Waals surface area (Å²) in [6.07, 6.45) is 1.23. The summed E-state index contributed by atoms with van der Waals surface area (Å²) in [5.74, 6) is 0.264. The van der Waals surface area contributed by atoms with Crippen LogP contribution in [0.1, 0.15) is 33.6 Å². The number of likely N-dealkylation sites (N-methyl/N-ethyl adjacent to an activating group) is 1. The van der Waals surface area contributed by atoms with E-state index in [2.05, 4.69) is 0 Å². The monoisotopic (exact) mass is 352 g/mol. The van der Waals surface area contributed by atoms with Crippen molar-refractivity contribution in [2.75, 3.05) is 26.8 Å². The van der Waals surface area contributed by atoms with Crippen LogP contribution >= 0.6 is 0 Å². The zero-order valence-electron chi connectivity index (χ0n) is 15.5. The molecule has 0 aliphatic heterocycles. The summed E-state index contributed by atoms with van der Waals surface area (Å²) in [5.41, 5.74) is 5.14. The van der Waals surface area contributed by atoms with Crippen molar-refractivity contribution in [3.05, 3.63) is 30.1 Å². The Morgan fingerprint density at radius 3 is 2.56 bits per heavy atom. The van der Waals surface area contributed by atoms with E-state index in [1.807, 2.05) is 20.8 Å². The van der Waals surface area contributed by atoms with Crippen LogP contribution in [-0.2, 0) is 9.53 Å². The van der Waals surface area contributed by atoms with Gasteiger partial charge in [-0.15, -0.1) is 0 Å². The molecule has 1 aliphatic rings. The summed E-state index contributed by atoms with van der Waals surface area (Å²) < 4.78 is 24.1. The molecule has 0 heterocycles. The minimum absolute atomic E-state index is 0.0154. The summed E-state index contributed by atoms with van der Waals surface area (Å²) >= 11 is 0. The quantitative estimate of drug-likeness (QED) is 0.731. The van der Waals surface area contributed by atoms with Crippen LogP contribution in [0.4, 0.5) is 4.39 Å². The van der Waals surface area contributed by atoms with Crippen LogP contribution in [0.5, 0.6) is 5.75 Å². The van der Waals surface area contributed by atoms with Crippen molar-refractivity contribution < 1.29 is 18.7 Å². The molecule has 2 N–H and O–H groups in total. The van der Waals surface area contributed by atoms with Crippen LogP contribution in [-0.4, -0.2) is 49.3 Å². The lowest BCUT2D eigenvalue weighted by molar-refractivity contribution is -0.178. The van der Waals surface area contributed by atoms with Gasteiger partial charge in [0.05, 0.1) is 12.7 Å². The highest BCUT2D eigenvalue weighted by Gasteiger charge is 2.63. The Morgan fingerprint density at radius 2 is 2.00 bits per heavy atom. The van der Waals surface area contributed by atoms with Gasteiger partial charge in [-0.1, -0.05) is 13.8 Å². The number of halogens is 1. The van der Waals surface area contributed by atoms with Crippen molar-refractivity contribution in [3.63, 3.8) is 0 Å². The van der Waals surface area contributed by atoms with E-state index in [0.29, 0.717) is 38.3 Å². The molecule has 2 unspecified atom stereocenters. The van der Waals surface area contributed by atoms with E-state index in [4.69, 9.17) is 15.2 Å². The molecule has 6 heteroatoms. The summed E-state index contributed by atoms with van der Waals surface area (Å²) in [4.78, 5) is 14.4. The maximum atomic E-state index is 12.8. The van der Waals surface area contributed by atoms with Crippen molar-refractivity contribution in [2.45, 2.75) is 45.3 Å². The third-order valence-corrected chi connectivity index (χ3v) is 5.28. The Bertz CT molecular complexity index is 591. The molecule has 0 saturated heterocycles. The number of nitrogens with two attached hydrogens (primary N) is 1. The number of nitrogens with zero attached hydrogens (tertiary/aromatic N) is 1. The van der Waals surface area contributed by atoms with Gasteiger partial charge in [0.25, 0.3) is 0 Å². The first-order chi connectivity index (χ1) is 11.7. The number of amides is 1. The second-order valence-electron chi connectivity index (χ2n) is 7.22. The third-order valence-electron chi connectivity index (χ3n) is 5.28. The number of rotatable bonds is 8. The summed E-state index contributed by atoms with van der Waals surface area (Å²) in [6, 6.07) is 5.89. The lowest BCUT2D eigenvalue weighted by Crippen LogP contribution is -2.75. The second-order valence-corrected chi connectivity index (χ2v) is 7.22. The first-order valence-electron chi connectivity index (χ1n) is 8.76. The fourth-order valence-corrected chi connectivity index (χ4v) is 3.26. The molecule has 25 heavy (non-hydrogen) atoms. The van der Waals surface area contributed by atoms with Gasteiger partial charge in [-0.25, -0.2) is 4.39 Å². The number of hydrogen-bond donors (Lipinski definition) is 1. The predicted octanol–water partition coefficient (Wildman–Crippen LogP) is 2.59. The molecule has 1 aromatic carbocycles. The van der Waals surface area contributed by atoms with Crippen LogP contribution in [0.3, 0.4) is 0 Å². The van der Waals surface area contributed by atoms with Crippen LogP contribution in [0.2, 0.25) is 0 Å². The molecule has 0 radical (unpaired) electrons. The van der Waals surface area contributed by atoms with Crippen molar-refractivity contribution in [3.8, 4) is 5.75 Å². The van der Waals surface area contributed by atoms with E-state index < -0.39 is 5.54 Å². The topological polar surface area (TPSA) is 64.8 Å². The average Bonchev–Trinajstić information content (AvgIpc) is 2.59. The highest BCUT2D eigenvalue weighted by atomic mass is 19.1. The molecule has 1 aromatic rings. The predicted molar refractivity (Wildman–Crippen MR) is 94.9 cm³/mol. The summed E-state index contributed by atoms with van der Waals surface area (Å²) in [7, 11) is 1.76. The summed E-state index contributed by atoms with van der Waals surface area (Å²) in [6.45, 7) is 7.54. The molecular formula is C19H29FN2O3. The molecule has 2 atom stereocenters. The van der Waals surface area contributed by atoms with E-state index in [1.54, 1.807) is 24.1 Å². The fourth-order valence-electron chi connectivity index (χ4n) is 3.26. The first kappa shape index (κ1) is 19.7. The Labute approximate surface area is 149 Å². The Balaban J connectivity index is 1.79. The van der Waals surface area contributed by atoms with Crippen molar-refractivity contribution in [1.29, 1.82) is 0 Å². The zero-order chi connectivity index (χ0) is 18.7. The summed E-state index contributed by atoms with van der Waals surface area (Å²) in [5, 5.41) is 0. The third kappa shape index (κ3) is 3.96. The molecule has 5 nitrogen and oxygen atoms in total. The molecule has 1 saturated carbocycles. The smallest absolute Gasteiger partial charge is 0.243 e. The van der Waals surface area contributed by atoms with Gasteiger partial charge >= 0.3 is 0 Å². The standard InChI is InChI=1S/C19H29FN2O3/c1-5-24-16-13-19(21,18(16,2)3)17(23)22(4)11-6-12-25-15-9-7-14(20)8-10-15/h7-10,16H,5-6,11-13,21H2,1-4H3. The van der Waals surface area contributed by atoms with Gasteiger partial charge in [0, 0.05) is 32.0 Å². The van der Waals surface area contributed by atoms with Gasteiger partial charge in [0.15, 0.2) is 0 Å². The highest BCUT2D eigenvalue weighted by Crippen LogP contribution is 2.50. The molecule has 2 rings (SSSR count). The molecular weight excluding hydrogens is 323 g/mol. The first-order valence-corrected chi connectivity index (χ1v) is 8.76. The Morgan fingerprint density at radius 1 is 1.36 bits per heavy atom. The second kappa shape index (κ2) is 7.70. The Kier molecular flexibility index (Phi) is 6.06. The van der Waals surface area contributed by atoms with Gasteiger partial charge < -0.3 is 20.1 Å². The number of hydrogen-bond acceptors (Lipinski definition) is 4. The van der Waals surface area contributed by atoms with Gasteiger partial charge in [-0.2, -0.15) is 0 Å². The number of carbonyl (C=O) groups excluding carboxylic acids is 1. The minimum Gasteiger partial charge on any atom is -0.494 e. The fraction of sp³-hybridized carbons (Fsp3) is 0.632. The van der Waals surface area contributed by atoms with E-state index in [0.717, 1.165) is 0 Å². The molecule has 140 valence electrons. The van der Waals surface area contributed by atoms with Crippen molar-refractivity contribution >= 4 is 5.91 Å². The van der Waals surface area contributed by atoms with E-state index in [9.17, 15) is 9.18 Å². The zero-order valence-corrected chi connectivity index (χ0v) is 15.5. The highest BCUT2D eigenvalue weighted by molar-refractivity contribution is 5.88. The van der Waals surface area contributed by atoms with Gasteiger partial charge in [-0.3, -0.25) is 4.79 Å². The van der Waals surface area contributed by atoms with Crippen LogP contribution in [0.25, 0.3) is 0 Å². The van der Waals surface area contributed by atoms with Crippen LogP contribution < -0.4 is 10.5 Å². The maximum Gasteiger partial charge on any atom is 0.243 e. The van der Waals surface area contributed by atoms with E-state index in [-0.39, 0.29) is 23.2 Å². The van der Waals surface area contributed by atoms with Gasteiger partial charge in [-0.05, 0) is 37.6 Å². The van der Waals surface area contributed by atoms with E-state index >= 15 is 0 Å². The number of ether oxygens (including phenoxy) is 2. The van der Waals surface area contributed by atoms with E-state index in [1.165, 1.54) is 12.1 Å². The Hall–Kier alpha value is -1.66. The number of benzene rings is 1. The van der Waals surface area contributed by atoms with Gasteiger partial charge in [0.2, 0.25) is 5.91 Å². The lowest BCUT2D eigenvalue weighted by atomic mass is 9.54. The lowest BCUT2D eigenvalue weighted by Gasteiger charge is -2.58. The molecule has 1 fully saturated rings. The number of carbonyl (C=O) groups is 1. The van der Waals surface area contributed by atoms with Crippen LogP contribution in [0.15, 0.2) is 24.3 Å². The molecule has 0 aromatic heterocycles. The van der Waals surface area contributed by atoms with Crippen molar-refractivity contribution in [2.24, 2.45) is 11.1 Å².